The van der Waals surface area contributed by atoms with Crippen molar-refractivity contribution in [3.8, 4) is 23.0 Å². The molecule has 1 unspecified atom stereocenters. The topological polar surface area (TPSA) is 106 Å². The number of methoxy groups -OCH3 is 3. The van der Waals surface area contributed by atoms with Crippen LogP contribution < -0.4 is 28.7 Å². The number of hydrogen-bond donors (Lipinski definition) is 0. The highest BCUT2D eigenvalue weighted by atomic mass is 32.1. The Kier molecular flexibility index (Phi) is 5.85. The van der Waals surface area contributed by atoms with Gasteiger partial charge in [-0.05, 0) is 18.2 Å². The molecule has 0 bridgehead atoms. The molecule has 5 rings (SSSR count). The van der Waals surface area contributed by atoms with E-state index in [-0.39, 0.29) is 30.5 Å². The van der Waals surface area contributed by atoms with Gasteiger partial charge >= 0.3 is 10.8 Å². The zero-order valence-corrected chi connectivity index (χ0v) is 20.0. The molecule has 1 aromatic heterocycles. The first kappa shape index (κ1) is 22.8. The van der Waals surface area contributed by atoms with E-state index >= 15 is 0 Å². The fourth-order valence-electron chi connectivity index (χ4n) is 4.45. The lowest BCUT2D eigenvalue weighted by atomic mass is 9.89. The summed E-state index contributed by atoms with van der Waals surface area (Å²) in [5.41, 5.74) is 1.20. The fraction of sp³-hybridized carbons (Fsp3) is 0.292. The van der Waals surface area contributed by atoms with Crippen molar-refractivity contribution in [1.82, 2.24) is 4.57 Å². The summed E-state index contributed by atoms with van der Waals surface area (Å²) in [4.78, 5) is 40.6. The van der Waals surface area contributed by atoms with Crippen LogP contribution in [0.4, 0.5) is 11.5 Å². The van der Waals surface area contributed by atoms with Gasteiger partial charge in [-0.3, -0.25) is 23.9 Å². The lowest BCUT2D eigenvalue weighted by Gasteiger charge is -2.33. The molecule has 0 saturated heterocycles. The summed E-state index contributed by atoms with van der Waals surface area (Å²) in [7, 11) is 4.23. The van der Waals surface area contributed by atoms with Crippen LogP contribution in [0.3, 0.4) is 0 Å². The Bertz CT molecular complexity index is 1360. The summed E-state index contributed by atoms with van der Waals surface area (Å²) in [6, 6.07) is 10.7. The number of amides is 1. The maximum Gasteiger partial charge on any atom is 0.325 e. The highest BCUT2D eigenvalue weighted by Crippen LogP contribution is 2.54. The van der Waals surface area contributed by atoms with Crippen molar-refractivity contribution >= 4 is 34.7 Å². The van der Waals surface area contributed by atoms with Crippen LogP contribution in [0.1, 0.15) is 22.8 Å². The van der Waals surface area contributed by atoms with Crippen LogP contribution in [0.15, 0.2) is 41.2 Å². The van der Waals surface area contributed by atoms with Gasteiger partial charge in [-0.15, -0.1) is 0 Å². The number of para-hydroxylation sites is 1. The fourth-order valence-corrected chi connectivity index (χ4v) is 5.54. The third-order valence-electron chi connectivity index (χ3n) is 5.97. The number of aromatic nitrogens is 1. The van der Waals surface area contributed by atoms with Gasteiger partial charge in [-0.1, -0.05) is 29.5 Å². The van der Waals surface area contributed by atoms with E-state index < -0.39 is 11.9 Å². The number of anilines is 2. The van der Waals surface area contributed by atoms with Crippen LogP contribution in [-0.2, 0) is 20.9 Å². The van der Waals surface area contributed by atoms with Crippen molar-refractivity contribution in [3.05, 3.63) is 56.5 Å². The van der Waals surface area contributed by atoms with E-state index in [0.29, 0.717) is 44.9 Å². The smallest absolute Gasteiger partial charge is 0.325 e. The first-order valence-corrected chi connectivity index (χ1v) is 11.5. The van der Waals surface area contributed by atoms with E-state index in [1.54, 1.807) is 30.3 Å². The molecule has 2 aliphatic heterocycles. The third kappa shape index (κ3) is 3.68. The number of nitrogens with zero attached hydrogens (tertiary/aromatic N) is 2. The summed E-state index contributed by atoms with van der Waals surface area (Å²) >= 11 is 0.976. The van der Waals surface area contributed by atoms with Gasteiger partial charge in [-0.2, -0.15) is 0 Å². The summed E-state index contributed by atoms with van der Waals surface area (Å²) < 4.78 is 28.5. The summed E-state index contributed by atoms with van der Waals surface area (Å²) in [6.45, 7) is -0.302. The number of hydrogen-bond acceptors (Lipinski definition) is 9. The van der Waals surface area contributed by atoms with E-state index in [2.05, 4.69) is 0 Å². The normalized spacial score (nSPS) is 16.1. The summed E-state index contributed by atoms with van der Waals surface area (Å²) in [5, 5.41) is 0. The van der Waals surface area contributed by atoms with E-state index in [9.17, 15) is 14.4 Å². The van der Waals surface area contributed by atoms with Crippen LogP contribution in [0.2, 0.25) is 0 Å². The molecule has 0 radical (unpaired) electrons. The Balaban J connectivity index is 1.75. The van der Waals surface area contributed by atoms with E-state index in [0.717, 1.165) is 11.3 Å². The average Bonchev–Trinajstić information content (AvgIpc) is 3.47. The molecule has 0 N–H and O–H groups in total. The monoisotopic (exact) mass is 498 g/mol. The van der Waals surface area contributed by atoms with Gasteiger partial charge in [0, 0.05) is 17.9 Å². The molecule has 1 atom stereocenters. The Morgan fingerprint density at radius 2 is 1.83 bits per heavy atom. The summed E-state index contributed by atoms with van der Waals surface area (Å²) in [5.74, 6) is 0.536. The zero-order chi connectivity index (χ0) is 24.7. The van der Waals surface area contributed by atoms with Crippen molar-refractivity contribution < 1.29 is 33.3 Å². The van der Waals surface area contributed by atoms with E-state index in [4.69, 9.17) is 23.7 Å². The number of esters is 1. The molecule has 3 heterocycles. The molecule has 0 spiro atoms. The first-order chi connectivity index (χ1) is 17.0. The highest BCUT2D eigenvalue weighted by molar-refractivity contribution is 7.10. The maximum absolute atomic E-state index is 13.6. The number of thiazole rings is 1. The molecule has 11 heteroatoms. The molecule has 2 aromatic carbocycles. The first-order valence-electron chi connectivity index (χ1n) is 10.7. The Morgan fingerprint density at radius 1 is 1.09 bits per heavy atom. The zero-order valence-electron chi connectivity index (χ0n) is 19.2. The second kappa shape index (κ2) is 8.99. The number of fused-ring (bicyclic) bond motifs is 2. The molecule has 1 amide bonds. The third-order valence-corrected chi connectivity index (χ3v) is 7.05. The average molecular weight is 499 g/mol. The van der Waals surface area contributed by atoms with Crippen LogP contribution in [0.25, 0.3) is 0 Å². The van der Waals surface area contributed by atoms with Crippen LogP contribution in [0.5, 0.6) is 23.0 Å². The highest BCUT2D eigenvalue weighted by Gasteiger charge is 2.41. The molecule has 3 aromatic rings. The molecule has 182 valence electrons. The number of rotatable bonds is 6. The molecule has 2 aliphatic rings. The minimum Gasteiger partial charge on any atom is -0.492 e. The molecule has 0 aliphatic carbocycles. The van der Waals surface area contributed by atoms with Crippen molar-refractivity contribution in [2.24, 2.45) is 0 Å². The maximum atomic E-state index is 13.6. The molecular formula is C24H22N2O8S. The Hall–Kier alpha value is -3.99. The predicted molar refractivity (Wildman–Crippen MR) is 126 cm³/mol. The second-order valence-corrected chi connectivity index (χ2v) is 8.80. The minimum absolute atomic E-state index is 0.0256. The number of carbonyl (C=O) groups is 2. The number of ether oxygens (including phenoxy) is 5. The largest absolute Gasteiger partial charge is 0.492 e. The predicted octanol–water partition coefficient (Wildman–Crippen LogP) is 3.03. The van der Waals surface area contributed by atoms with Gasteiger partial charge in [0.1, 0.15) is 12.4 Å². The van der Waals surface area contributed by atoms with Gasteiger partial charge in [-0.25, -0.2) is 0 Å². The minimum atomic E-state index is -0.599. The molecule has 35 heavy (non-hydrogen) atoms. The molecule has 0 saturated carbocycles. The van der Waals surface area contributed by atoms with Crippen molar-refractivity contribution in [2.75, 3.05) is 33.0 Å². The van der Waals surface area contributed by atoms with Crippen molar-refractivity contribution in [1.29, 1.82) is 0 Å². The Morgan fingerprint density at radius 3 is 2.51 bits per heavy atom. The number of benzene rings is 2. The molecular weight excluding hydrogens is 476 g/mol. The summed E-state index contributed by atoms with van der Waals surface area (Å²) in [6.07, 6.45) is 0.0548. The number of carbonyl (C=O) groups excluding carboxylic acids is 2. The van der Waals surface area contributed by atoms with Crippen LogP contribution >= 0.6 is 11.3 Å². The van der Waals surface area contributed by atoms with E-state index in [1.165, 1.54) is 30.8 Å². The molecule has 0 fully saturated rings. The van der Waals surface area contributed by atoms with Gasteiger partial charge in [0.25, 0.3) is 0 Å². The van der Waals surface area contributed by atoms with Gasteiger partial charge < -0.3 is 23.7 Å². The quantitative estimate of drug-likeness (QED) is 0.478. The molecule has 10 nitrogen and oxygen atoms in total. The lowest BCUT2D eigenvalue weighted by Crippen LogP contribution is -2.36. The standard InChI is InChI=1S/C24H22N2O8S/c1-30-18(28)11-25-23-22(35-24(25)29)15(10-17(27)26(23)13-7-5-4-6-8-13)14-9-16-20(34-12-33-16)21(32-3)19(14)31-2/h4-9,15H,10-12H2,1-3H3. The van der Waals surface area contributed by atoms with Gasteiger partial charge in [0.15, 0.2) is 11.5 Å². The second-order valence-electron chi connectivity index (χ2n) is 7.81. The van der Waals surface area contributed by atoms with Gasteiger partial charge in [0.2, 0.25) is 24.2 Å². The Labute approximate surface area is 204 Å². The van der Waals surface area contributed by atoms with Crippen LogP contribution in [0, 0.1) is 0 Å². The van der Waals surface area contributed by atoms with Crippen molar-refractivity contribution in [2.45, 2.75) is 18.9 Å². The lowest BCUT2D eigenvalue weighted by molar-refractivity contribution is -0.141. The van der Waals surface area contributed by atoms with Crippen LogP contribution in [-0.4, -0.2) is 44.6 Å². The van der Waals surface area contributed by atoms with Gasteiger partial charge in [0.05, 0.1) is 31.9 Å². The van der Waals surface area contributed by atoms with Crippen molar-refractivity contribution in [3.63, 3.8) is 0 Å². The van der Waals surface area contributed by atoms with E-state index in [1.807, 2.05) is 6.07 Å². The SMILES string of the molecule is COC(=O)Cn1c2c(sc1=O)C(c1cc3c(c(OC)c1OC)OCO3)CC(=O)N2c1ccccc1.